The molecule has 4 nitrogen and oxygen atoms in total. The van der Waals surface area contributed by atoms with E-state index in [1.54, 1.807) is 6.92 Å². The molecule has 1 aromatic rings. The predicted molar refractivity (Wildman–Crippen MR) is 78.4 cm³/mol. The smallest absolute Gasteiger partial charge is 0.147 e. The van der Waals surface area contributed by atoms with E-state index in [4.69, 9.17) is 5.26 Å². The quantitative estimate of drug-likeness (QED) is 0.898. The van der Waals surface area contributed by atoms with E-state index in [2.05, 4.69) is 23.2 Å². The molecule has 0 bridgehead atoms. The van der Waals surface area contributed by atoms with Crippen LogP contribution in [-0.4, -0.2) is 42.4 Å². The summed E-state index contributed by atoms with van der Waals surface area (Å²) in [5, 5.41) is 12.2. The highest BCUT2D eigenvalue weighted by Gasteiger charge is 2.26. The van der Waals surface area contributed by atoms with Crippen molar-refractivity contribution in [2.24, 2.45) is 0 Å². The summed E-state index contributed by atoms with van der Waals surface area (Å²) in [6.45, 7) is 6.55. The Morgan fingerprint density at radius 2 is 2.20 bits per heavy atom. The van der Waals surface area contributed by atoms with Crippen molar-refractivity contribution in [1.29, 1.82) is 5.26 Å². The zero-order chi connectivity index (χ0) is 14.5. The van der Waals surface area contributed by atoms with Gasteiger partial charge in [0.25, 0.3) is 0 Å². The summed E-state index contributed by atoms with van der Waals surface area (Å²) in [7, 11) is 0. The minimum Gasteiger partial charge on any atom is -0.312 e. The monoisotopic (exact) mass is 271 g/mol. The summed E-state index contributed by atoms with van der Waals surface area (Å²) in [6.07, 6.45) is 0.716. The van der Waals surface area contributed by atoms with Crippen molar-refractivity contribution in [2.75, 3.05) is 19.6 Å². The number of nitrogens with zero attached hydrogens (tertiary/aromatic N) is 2. The van der Waals surface area contributed by atoms with Crippen LogP contribution in [0.1, 0.15) is 25.0 Å². The molecule has 0 aromatic heterocycles. The lowest BCUT2D eigenvalue weighted by Gasteiger charge is -2.36. The number of carbonyl (C=O) groups excluding carboxylic acids is 1. The number of piperazine rings is 1. The SMILES string of the molecule is CC(=O)[C@H](Cc1ccc(C#N)cc1)N1CCN[C@@H](C)C1. The molecule has 0 spiro atoms. The first-order chi connectivity index (χ1) is 9.60. The molecular formula is C16H21N3O. The molecule has 1 saturated heterocycles. The minimum atomic E-state index is -0.0625. The van der Waals surface area contributed by atoms with E-state index in [1.807, 2.05) is 24.3 Å². The van der Waals surface area contributed by atoms with Crippen LogP contribution in [0.2, 0.25) is 0 Å². The van der Waals surface area contributed by atoms with E-state index in [1.165, 1.54) is 0 Å². The van der Waals surface area contributed by atoms with Crippen LogP contribution in [0.5, 0.6) is 0 Å². The lowest BCUT2D eigenvalue weighted by molar-refractivity contribution is -0.122. The third-order valence-corrected chi connectivity index (χ3v) is 3.82. The van der Waals surface area contributed by atoms with Crippen molar-refractivity contribution in [1.82, 2.24) is 10.2 Å². The fraction of sp³-hybridized carbons (Fsp3) is 0.500. The summed E-state index contributed by atoms with van der Waals surface area (Å²) in [4.78, 5) is 14.2. The van der Waals surface area contributed by atoms with Gasteiger partial charge in [0, 0.05) is 25.7 Å². The van der Waals surface area contributed by atoms with E-state index in [9.17, 15) is 4.79 Å². The standard InChI is InChI=1S/C16H21N3O/c1-12-11-19(8-7-18-12)16(13(2)20)9-14-3-5-15(10-17)6-4-14/h3-6,12,16,18H,7-9,11H2,1-2H3/t12-,16-/m0/s1. The Balaban J connectivity index is 2.08. The molecule has 20 heavy (non-hydrogen) atoms. The highest BCUT2D eigenvalue weighted by molar-refractivity contribution is 5.81. The number of hydrogen-bond donors (Lipinski definition) is 1. The molecule has 106 valence electrons. The molecule has 1 N–H and O–H groups in total. The summed E-state index contributed by atoms with van der Waals surface area (Å²) in [5.41, 5.74) is 1.76. The Morgan fingerprint density at radius 3 is 2.75 bits per heavy atom. The molecule has 0 radical (unpaired) electrons. The van der Waals surface area contributed by atoms with Crippen LogP contribution in [0.25, 0.3) is 0 Å². The average molecular weight is 271 g/mol. The van der Waals surface area contributed by atoms with Crippen LogP contribution in [0.15, 0.2) is 24.3 Å². The van der Waals surface area contributed by atoms with Crippen LogP contribution in [0, 0.1) is 11.3 Å². The maximum atomic E-state index is 12.0. The first kappa shape index (κ1) is 14.7. The van der Waals surface area contributed by atoms with Gasteiger partial charge >= 0.3 is 0 Å². The number of nitriles is 1. The number of benzene rings is 1. The second-order valence-corrected chi connectivity index (χ2v) is 5.49. The van der Waals surface area contributed by atoms with Gasteiger partial charge in [0.2, 0.25) is 0 Å². The fourth-order valence-corrected chi connectivity index (χ4v) is 2.71. The second-order valence-electron chi connectivity index (χ2n) is 5.49. The molecule has 0 unspecified atom stereocenters. The van der Waals surface area contributed by atoms with Crippen molar-refractivity contribution in [3.63, 3.8) is 0 Å². The van der Waals surface area contributed by atoms with E-state index < -0.39 is 0 Å². The molecule has 2 rings (SSSR count). The molecule has 1 aliphatic heterocycles. The van der Waals surface area contributed by atoms with Gasteiger partial charge in [0.05, 0.1) is 17.7 Å². The van der Waals surface area contributed by atoms with Gasteiger partial charge in [-0.1, -0.05) is 12.1 Å². The molecule has 0 saturated carbocycles. The van der Waals surface area contributed by atoms with E-state index in [0.29, 0.717) is 18.0 Å². The number of rotatable bonds is 4. The minimum absolute atomic E-state index is 0.0625. The largest absolute Gasteiger partial charge is 0.312 e. The van der Waals surface area contributed by atoms with Crippen LogP contribution >= 0.6 is 0 Å². The number of hydrogen-bond acceptors (Lipinski definition) is 4. The first-order valence-electron chi connectivity index (χ1n) is 7.07. The molecule has 1 aliphatic rings. The Morgan fingerprint density at radius 1 is 1.50 bits per heavy atom. The van der Waals surface area contributed by atoms with Crippen molar-refractivity contribution in [3.8, 4) is 6.07 Å². The predicted octanol–water partition coefficient (Wildman–Crippen LogP) is 1.35. The zero-order valence-corrected chi connectivity index (χ0v) is 12.1. The van der Waals surface area contributed by atoms with Gasteiger partial charge in [0.1, 0.15) is 5.78 Å². The van der Waals surface area contributed by atoms with E-state index in [0.717, 1.165) is 25.2 Å². The van der Waals surface area contributed by atoms with Crippen molar-refractivity contribution in [3.05, 3.63) is 35.4 Å². The Hall–Kier alpha value is -1.70. The summed E-state index contributed by atoms with van der Waals surface area (Å²) in [6, 6.07) is 9.99. The zero-order valence-electron chi connectivity index (χ0n) is 12.1. The van der Waals surface area contributed by atoms with Gasteiger partial charge in [-0.05, 0) is 38.0 Å². The lowest BCUT2D eigenvalue weighted by atomic mass is 9.99. The van der Waals surface area contributed by atoms with Crippen LogP contribution < -0.4 is 5.32 Å². The summed E-state index contributed by atoms with van der Waals surface area (Å²) in [5.74, 6) is 0.212. The molecule has 2 atom stereocenters. The van der Waals surface area contributed by atoms with Gasteiger partial charge in [-0.25, -0.2) is 0 Å². The molecular weight excluding hydrogens is 250 g/mol. The molecule has 0 aliphatic carbocycles. The Kier molecular flexibility index (Phi) is 4.89. The maximum Gasteiger partial charge on any atom is 0.147 e. The van der Waals surface area contributed by atoms with Crippen LogP contribution in [0.4, 0.5) is 0 Å². The van der Waals surface area contributed by atoms with Gasteiger partial charge in [-0.3, -0.25) is 9.69 Å². The fourth-order valence-electron chi connectivity index (χ4n) is 2.71. The van der Waals surface area contributed by atoms with Gasteiger partial charge in [0.15, 0.2) is 0 Å². The molecule has 0 amide bonds. The third-order valence-electron chi connectivity index (χ3n) is 3.82. The number of nitrogens with one attached hydrogen (secondary N) is 1. The number of Topliss-reactive ketones (excluding diaryl/α,β-unsaturated/α-hetero) is 1. The summed E-state index contributed by atoms with van der Waals surface area (Å²) >= 11 is 0. The first-order valence-corrected chi connectivity index (χ1v) is 7.07. The molecule has 4 heteroatoms. The van der Waals surface area contributed by atoms with Gasteiger partial charge in [-0.15, -0.1) is 0 Å². The molecule has 1 aromatic carbocycles. The molecule has 1 fully saturated rings. The van der Waals surface area contributed by atoms with Gasteiger partial charge < -0.3 is 5.32 Å². The maximum absolute atomic E-state index is 12.0. The number of carbonyl (C=O) groups is 1. The third kappa shape index (κ3) is 3.66. The highest BCUT2D eigenvalue weighted by atomic mass is 16.1. The average Bonchev–Trinajstić information content (AvgIpc) is 2.45. The van der Waals surface area contributed by atoms with Crippen molar-refractivity contribution < 1.29 is 4.79 Å². The van der Waals surface area contributed by atoms with Gasteiger partial charge in [-0.2, -0.15) is 5.26 Å². The molecule has 1 heterocycles. The summed E-state index contributed by atoms with van der Waals surface area (Å²) < 4.78 is 0. The van der Waals surface area contributed by atoms with Crippen molar-refractivity contribution in [2.45, 2.75) is 32.4 Å². The number of ketones is 1. The highest BCUT2D eigenvalue weighted by Crippen LogP contribution is 2.13. The Bertz CT molecular complexity index is 503. The van der Waals surface area contributed by atoms with E-state index in [-0.39, 0.29) is 11.8 Å². The normalized spacial score (nSPS) is 21.1. The topological polar surface area (TPSA) is 56.1 Å². The van der Waals surface area contributed by atoms with Crippen molar-refractivity contribution >= 4 is 5.78 Å². The lowest BCUT2D eigenvalue weighted by Crippen LogP contribution is -2.55. The van der Waals surface area contributed by atoms with Crippen LogP contribution in [-0.2, 0) is 11.2 Å². The second kappa shape index (κ2) is 6.65. The van der Waals surface area contributed by atoms with E-state index >= 15 is 0 Å². The van der Waals surface area contributed by atoms with Crippen LogP contribution in [0.3, 0.4) is 0 Å². The Labute approximate surface area is 120 Å².